The Kier molecular flexibility index (Phi) is 3.37. The van der Waals surface area contributed by atoms with Crippen molar-refractivity contribution in [3.63, 3.8) is 0 Å². The molecule has 0 saturated heterocycles. The highest BCUT2D eigenvalue weighted by molar-refractivity contribution is 7.90. The Bertz CT molecular complexity index is 565. The molecule has 104 valence electrons. The van der Waals surface area contributed by atoms with Crippen LogP contribution in [0.2, 0.25) is 0 Å². The Morgan fingerprint density at radius 2 is 1.84 bits per heavy atom. The molecule has 1 aromatic carbocycles. The second-order valence-corrected chi connectivity index (χ2v) is 7.61. The topological polar surface area (TPSA) is 72.2 Å². The van der Waals surface area contributed by atoms with Crippen molar-refractivity contribution in [1.82, 2.24) is 4.72 Å². The summed E-state index contributed by atoms with van der Waals surface area (Å²) in [5, 5.41) is -0.229. The molecule has 2 unspecified atom stereocenters. The largest absolute Gasteiger partial charge is 0.326 e. The third kappa shape index (κ3) is 2.42. The molecule has 1 aromatic rings. The van der Waals surface area contributed by atoms with Gasteiger partial charge in [0.05, 0.1) is 11.3 Å². The maximum absolute atomic E-state index is 12.4. The minimum Gasteiger partial charge on any atom is -0.326 e. The van der Waals surface area contributed by atoms with E-state index >= 15 is 0 Å². The molecule has 3 rings (SSSR count). The Balaban J connectivity index is 1.83. The van der Waals surface area contributed by atoms with Crippen molar-refractivity contribution in [2.24, 2.45) is 5.73 Å². The molecular formula is C14H20N2O2S. The second-order valence-electron chi connectivity index (χ2n) is 5.61. The summed E-state index contributed by atoms with van der Waals surface area (Å²) in [6, 6.07) is 7.49. The first-order valence-corrected chi connectivity index (χ1v) is 8.47. The summed E-state index contributed by atoms with van der Waals surface area (Å²) < 4.78 is 27.6. The summed E-state index contributed by atoms with van der Waals surface area (Å²) in [7, 11) is -3.25. The van der Waals surface area contributed by atoms with Crippen LogP contribution in [-0.2, 0) is 16.4 Å². The molecule has 0 heterocycles. The van der Waals surface area contributed by atoms with Crippen molar-refractivity contribution in [1.29, 1.82) is 0 Å². The molecule has 1 saturated carbocycles. The third-order valence-corrected chi connectivity index (χ3v) is 6.24. The zero-order chi connectivity index (χ0) is 13.5. The van der Waals surface area contributed by atoms with Crippen molar-refractivity contribution in [3.8, 4) is 0 Å². The molecule has 0 spiro atoms. The second kappa shape index (κ2) is 4.89. The molecule has 0 amide bonds. The van der Waals surface area contributed by atoms with Gasteiger partial charge in [0.1, 0.15) is 0 Å². The third-order valence-electron chi connectivity index (χ3n) is 4.31. The van der Waals surface area contributed by atoms with Gasteiger partial charge in [-0.1, -0.05) is 37.1 Å². The predicted molar refractivity (Wildman–Crippen MR) is 75.2 cm³/mol. The smallest absolute Gasteiger partial charge is 0.215 e. The van der Waals surface area contributed by atoms with Gasteiger partial charge < -0.3 is 5.73 Å². The molecule has 5 heteroatoms. The van der Waals surface area contributed by atoms with Gasteiger partial charge in [0, 0.05) is 6.04 Å². The Hall–Kier alpha value is -0.910. The summed E-state index contributed by atoms with van der Waals surface area (Å²) in [4.78, 5) is 0. The first kappa shape index (κ1) is 13.1. The van der Waals surface area contributed by atoms with Crippen molar-refractivity contribution in [2.75, 3.05) is 0 Å². The molecule has 0 bridgehead atoms. The predicted octanol–water partition coefficient (Wildman–Crippen LogP) is 1.47. The van der Waals surface area contributed by atoms with E-state index in [0.29, 0.717) is 0 Å². The fraction of sp³-hybridized carbons (Fsp3) is 0.571. The van der Waals surface area contributed by atoms with E-state index < -0.39 is 10.0 Å². The maximum Gasteiger partial charge on any atom is 0.215 e. The highest BCUT2D eigenvalue weighted by Crippen LogP contribution is 2.32. The first-order chi connectivity index (χ1) is 9.08. The van der Waals surface area contributed by atoms with Gasteiger partial charge in [-0.15, -0.1) is 0 Å². The lowest BCUT2D eigenvalue weighted by Crippen LogP contribution is -2.42. The summed E-state index contributed by atoms with van der Waals surface area (Å²) in [5.74, 6) is 0. The lowest BCUT2D eigenvalue weighted by atomic mass is 10.1. The molecule has 0 aromatic heterocycles. The van der Waals surface area contributed by atoms with E-state index in [-0.39, 0.29) is 17.3 Å². The molecule has 0 aliphatic heterocycles. The Morgan fingerprint density at radius 3 is 2.58 bits per heavy atom. The standard InChI is InChI=1S/C14H20N2O2S/c15-13-9-10-5-1-4-8-12(10)14(13)16-19(17,18)11-6-2-3-7-11/h1,4-5,8,11,13-14,16H,2-3,6-7,9,15H2. The van der Waals surface area contributed by atoms with Crippen LogP contribution in [0.3, 0.4) is 0 Å². The quantitative estimate of drug-likeness (QED) is 0.880. The van der Waals surface area contributed by atoms with Crippen molar-refractivity contribution in [3.05, 3.63) is 35.4 Å². The van der Waals surface area contributed by atoms with E-state index in [4.69, 9.17) is 5.73 Å². The SMILES string of the molecule is NC1Cc2ccccc2C1NS(=O)(=O)C1CCCC1. The zero-order valence-corrected chi connectivity index (χ0v) is 11.7. The molecule has 3 N–H and O–H groups in total. The average Bonchev–Trinajstić information content (AvgIpc) is 2.99. The molecule has 4 nitrogen and oxygen atoms in total. The number of nitrogens with one attached hydrogen (secondary N) is 1. The number of rotatable bonds is 3. The van der Waals surface area contributed by atoms with E-state index in [9.17, 15) is 8.42 Å². The first-order valence-electron chi connectivity index (χ1n) is 6.92. The van der Waals surface area contributed by atoms with Gasteiger partial charge in [-0.05, 0) is 30.4 Å². The molecule has 2 atom stereocenters. The number of nitrogens with two attached hydrogens (primary N) is 1. The number of fused-ring (bicyclic) bond motifs is 1. The molecule has 19 heavy (non-hydrogen) atoms. The van der Waals surface area contributed by atoms with Crippen LogP contribution in [0.5, 0.6) is 0 Å². The normalized spacial score (nSPS) is 27.6. The summed E-state index contributed by atoms with van der Waals surface area (Å²) >= 11 is 0. The molecule has 2 aliphatic carbocycles. The minimum absolute atomic E-state index is 0.159. The summed E-state index contributed by atoms with van der Waals surface area (Å²) in [6.45, 7) is 0. The highest BCUT2D eigenvalue weighted by atomic mass is 32.2. The van der Waals surface area contributed by atoms with Gasteiger partial charge in [-0.25, -0.2) is 13.1 Å². The van der Waals surface area contributed by atoms with Gasteiger partial charge >= 0.3 is 0 Å². The lowest BCUT2D eigenvalue weighted by molar-refractivity contribution is 0.508. The van der Waals surface area contributed by atoms with E-state index in [1.165, 1.54) is 0 Å². The fourth-order valence-corrected chi connectivity index (χ4v) is 5.05. The van der Waals surface area contributed by atoms with E-state index in [1.54, 1.807) is 0 Å². The summed E-state index contributed by atoms with van der Waals surface area (Å²) in [5.41, 5.74) is 8.31. The number of hydrogen-bond donors (Lipinski definition) is 2. The number of sulfonamides is 1. The van der Waals surface area contributed by atoms with Crippen LogP contribution in [0, 0.1) is 0 Å². The monoisotopic (exact) mass is 280 g/mol. The highest BCUT2D eigenvalue weighted by Gasteiger charge is 2.36. The Morgan fingerprint density at radius 1 is 1.16 bits per heavy atom. The molecule has 0 radical (unpaired) electrons. The van der Waals surface area contributed by atoms with Crippen LogP contribution in [0.15, 0.2) is 24.3 Å². The summed E-state index contributed by atoms with van der Waals surface area (Å²) in [6.07, 6.45) is 4.32. The number of benzene rings is 1. The lowest BCUT2D eigenvalue weighted by Gasteiger charge is -2.21. The van der Waals surface area contributed by atoms with Crippen molar-refractivity contribution < 1.29 is 8.42 Å². The van der Waals surface area contributed by atoms with Crippen LogP contribution >= 0.6 is 0 Å². The van der Waals surface area contributed by atoms with E-state index in [2.05, 4.69) is 4.72 Å². The van der Waals surface area contributed by atoms with E-state index in [0.717, 1.165) is 43.2 Å². The van der Waals surface area contributed by atoms with Crippen LogP contribution in [0.4, 0.5) is 0 Å². The van der Waals surface area contributed by atoms with Gasteiger partial charge in [0.25, 0.3) is 0 Å². The Labute approximate surface area is 114 Å². The maximum atomic E-state index is 12.4. The van der Waals surface area contributed by atoms with Crippen LogP contribution in [0.25, 0.3) is 0 Å². The van der Waals surface area contributed by atoms with Gasteiger partial charge in [0.2, 0.25) is 10.0 Å². The molecule has 1 fully saturated rings. The van der Waals surface area contributed by atoms with Gasteiger partial charge in [-0.2, -0.15) is 0 Å². The zero-order valence-electron chi connectivity index (χ0n) is 10.9. The number of hydrogen-bond acceptors (Lipinski definition) is 3. The van der Waals surface area contributed by atoms with Crippen molar-refractivity contribution in [2.45, 2.75) is 49.4 Å². The average molecular weight is 280 g/mol. The minimum atomic E-state index is -3.25. The van der Waals surface area contributed by atoms with Gasteiger partial charge in [-0.3, -0.25) is 0 Å². The van der Waals surface area contributed by atoms with Crippen LogP contribution < -0.4 is 10.5 Å². The van der Waals surface area contributed by atoms with Gasteiger partial charge in [0.15, 0.2) is 0 Å². The van der Waals surface area contributed by atoms with E-state index in [1.807, 2.05) is 24.3 Å². The molecular weight excluding hydrogens is 260 g/mol. The van der Waals surface area contributed by atoms with Crippen molar-refractivity contribution >= 4 is 10.0 Å². The molecule has 2 aliphatic rings. The van der Waals surface area contributed by atoms with Crippen LogP contribution in [-0.4, -0.2) is 19.7 Å². The van der Waals surface area contributed by atoms with Crippen LogP contribution in [0.1, 0.15) is 42.9 Å². The fourth-order valence-electron chi connectivity index (χ4n) is 3.25.